The van der Waals surface area contributed by atoms with Crippen molar-refractivity contribution in [2.24, 2.45) is 0 Å². The van der Waals surface area contributed by atoms with Crippen molar-refractivity contribution in [3.63, 3.8) is 0 Å². The molecule has 0 fully saturated rings. The van der Waals surface area contributed by atoms with Crippen molar-refractivity contribution >= 4 is 22.7 Å². The van der Waals surface area contributed by atoms with Crippen LogP contribution in [0.1, 0.15) is 20.7 Å². The van der Waals surface area contributed by atoms with Crippen molar-refractivity contribution < 1.29 is 19.8 Å². The minimum Gasteiger partial charge on any atom is -0.478 e. The number of aromatic carboxylic acids is 2. The molecule has 0 atom stereocenters. The van der Waals surface area contributed by atoms with Gasteiger partial charge < -0.3 is 10.2 Å². The lowest BCUT2D eigenvalue weighted by atomic mass is 10.0. The van der Waals surface area contributed by atoms with Gasteiger partial charge in [0.15, 0.2) is 0 Å². The van der Waals surface area contributed by atoms with Crippen LogP contribution in [-0.4, -0.2) is 22.2 Å². The summed E-state index contributed by atoms with van der Waals surface area (Å²) < 4.78 is 0. The van der Waals surface area contributed by atoms with Crippen molar-refractivity contribution in [3.8, 4) is 0 Å². The van der Waals surface area contributed by atoms with Crippen LogP contribution in [0.4, 0.5) is 0 Å². The second kappa shape index (κ2) is 7.04. The molecule has 22 heavy (non-hydrogen) atoms. The quantitative estimate of drug-likeness (QED) is 0.751. The molecule has 0 heterocycles. The summed E-state index contributed by atoms with van der Waals surface area (Å²) in [5.74, 6) is -1.99. The van der Waals surface area contributed by atoms with Gasteiger partial charge in [-0.1, -0.05) is 48.5 Å². The number of rotatable bonds is 2. The Kier molecular flexibility index (Phi) is 4.88. The normalized spacial score (nSPS) is 9.64. The lowest BCUT2D eigenvalue weighted by Crippen LogP contribution is -1.97. The van der Waals surface area contributed by atoms with Crippen molar-refractivity contribution in [3.05, 3.63) is 83.9 Å². The van der Waals surface area contributed by atoms with Crippen LogP contribution >= 0.6 is 0 Å². The van der Waals surface area contributed by atoms with Crippen LogP contribution in [0.15, 0.2) is 72.8 Å². The van der Waals surface area contributed by atoms with E-state index in [1.54, 1.807) is 12.1 Å². The molecule has 4 nitrogen and oxygen atoms in total. The van der Waals surface area contributed by atoms with Crippen LogP contribution in [0.3, 0.4) is 0 Å². The highest BCUT2D eigenvalue weighted by atomic mass is 16.4. The number of carbonyl (C=O) groups is 2. The molecule has 0 aliphatic carbocycles. The van der Waals surface area contributed by atoms with Gasteiger partial charge in [-0.3, -0.25) is 0 Å². The van der Waals surface area contributed by atoms with Gasteiger partial charge in [0.25, 0.3) is 0 Å². The molecule has 0 aliphatic heterocycles. The summed E-state index contributed by atoms with van der Waals surface area (Å²) in [6.45, 7) is 0. The van der Waals surface area contributed by atoms with Gasteiger partial charge in [-0.15, -0.1) is 0 Å². The highest BCUT2D eigenvalue weighted by Gasteiger charge is 2.06. The molecule has 0 amide bonds. The van der Waals surface area contributed by atoms with Crippen LogP contribution in [0, 0.1) is 0 Å². The Balaban J connectivity index is 0.000000246. The third-order valence-corrected chi connectivity index (χ3v) is 3.00. The van der Waals surface area contributed by atoms with E-state index in [9.17, 15) is 9.59 Å². The Hall–Kier alpha value is -3.14. The zero-order valence-electron chi connectivity index (χ0n) is 11.6. The minimum atomic E-state index is -0.996. The van der Waals surface area contributed by atoms with Crippen LogP contribution in [-0.2, 0) is 0 Å². The molecule has 3 aromatic rings. The smallest absolute Gasteiger partial charge is 0.335 e. The van der Waals surface area contributed by atoms with E-state index in [0.717, 1.165) is 0 Å². The maximum Gasteiger partial charge on any atom is 0.335 e. The molecule has 110 valence electrons. The lowest BCUT2D eigenvalue weighted by Gasteiger charge is -2.01. The summed E-state index contributed by atoms with van der Waals surface area (Å²) in [4.78, 5) is 21.5. The van der Waals surface area contributed by atoms with E-state index in [2.05, 4.69) is 0 Å². The van der Waals surface area contributed by atoms with Crippen molar-refractivity contribution in [1.82, 2.24) is 0 Å². The molecular weight excluding hydrogens is 280 g/mol. The van der Waals surface area contributed by atoms with E-state index < -0.39 is 11.9 Å². The van der Waals surface area contributed by atoms with Gasteiger partial charge in [0.1, 0.15) is 0 Å². The molecule has 0 aromatic heterocycles. The Labute approximate surface area is 127 Å². The van der Waals surface area contributed by atoms with E-state index in [0.29, 0.717) is 10.8 Å². The van der Waals surface area contributed by atoms with Gasteiger partial charge in [0, 0.05) is 0 Å². The Morgan fingerprint density at radius 2 is 0.909 bits per heavy atom. The Bertz CT molecular complexity index is 715. The van der Waals surface area contributed by atoms with Crippen molar-refractivity contribution in [2.75, 3.05) is 0 Å². The summed E-state index contributed by atoms with van der Waals surface area (Å²) in [5, 5.41) is 19.0. The van der Waals surface area contributed by atoms with Gasteiger partial charge >= 0.3 is 11.9 Å². The number of hydrogen-bond acceptors (Lipinski definition) is 2. The number of benzene rings is 3. The van der Waals surface area contributed by atoms with E-state index >= 15 is 0 Å². The first kappa shape index (κ1) is 15.3. The predicted molar refractivity (Wildman–Crippen MR) is 84.3 cm³/mol. The second-order valence-corrected chi connectivity index (χ2v) is 4.54. The molecule has 0 aliphatic rings. The average molecular weight is 294 g/mol. The van der Waals surface area contributed by atoms with Gasteiger partial charge in [-0.25, -0.2) is 9.59 Å². The zero-order chi connectivity index (χ0) is 15.9. The molecule has 3 aromatic carbocycles. The number of fused-ring (bicyclic) bond motifs is 1. The van der Waals surface area contributed by atoms with Gasteiger partial charge in [0.05, 0.1) is 11.1 Å². The zero-order valence-corrected chi connectivity index (χ0v) is 11.6. The summed E-state index contributed by atoms with van der Waals surface area (Å²) in [5.41, 5.74) is 0.381. The van der Waals surface area contributed by atoms with Gasteiger partial charge in [0.2, 0.25) is 0 Å². The maximum atomic E-state index is 10.7. The lowest BCUT2D eigenvalue weighted by molar-refractivity contribution is 0.0686. The number of hydrogen-bond donors (Lipinski definition) is 2. The molecule has 4 heteroatoms. The third kappa shape index (κ3) is 3.93. The molecule has 0 spiro atoms. The maximum absolute atomic E-state index is 10.7. The van der Waals surface area contributed by atoms with E-state index in [4.69, 9.17) is 10.2 Å². The first-order valence-electron chi connectivity index (χ1n) is 6.58. The SMILES string of the molecule is O=C(O)c1ccc2cc(C(=O)O)ccc2c1.c1ccccc1. The highest BCUT2D eigenvalue weighted by Crippen LogP contribution is 2.18. The molecule has 0 saturated heterocycles. The average Bonchev–Trinajstić information content (AvgIpc) is 2.56. The largest absolute Gasteiger partial charge is 0.478 e. The Morgan fingerprint density at radius 3 is 1.18 bits per heavy atom. The fourth-order valence-electron chi connectivity index (χ4n) is 1.90. The van der Waals surface area contributed by atoms with E-state index in [1.165, 1.54) is 24.3 Å². The number of carboxylic acids is 2. The first-order chi connectivity index (χ1) is 10.6. The second-order valence-electron chi connectivity index (χ2n) is 4.54. The molecule has 2 N–H and O–H groups in total. The number of carboxylic acid groups (broad SMARTS) is 2. The summed E-state index contributed by atoms with van der Waals surface area (Å²) >= 11 is 0. The molecular formula is C18H14O4. The fourth-order valence-corrected chi connectivity index (χ4v) is 1.90. The van der Waals surface area contributed by atoms with E-state index in [1.807, 2.05) is 36.4 Å². The minimum absolute atomic E-state index is 0.190. The van der Waals surface area contributed by atoms with Gasteiger partial charge in [-0.05, 0) is 35.0 Å². The third-order valence-electron chi connectivity index (χ3n) is 3.00. The monoisotopic (exact) mass is 294 g/mol. The standard InChI is InChI=1S/C12H8O4.C6H6/c13-11(14)9-3-1-7-5-10(12(15)16)4-2-8(7)6-9;1-2-4-6-5-3-1/h1-6H,(H,13,14)(H,15,16);1-6H. The molecule has 0 saturated carbocycles. The molecule has 0 radical (unpaired) electrons. The topological polar surface area (TPSA) is 74.6 Å². The van der Waals surface area contributed by atoms with Crippen LogP contribution in [0.5, 0.6) is 0 Å². The molecule has 0 unspecified atom stereocenters. The predicted octanol–water partition coefficient (Wildman–Crippen LogP) is 3.92. The fraction of sp³-hybridized carbons (Fsp3) is 0. The highest BCUT2D eigenvalue weighted by molar-refractivity contribution is 5.97. The van der Waals surface area contributed by atoms with Gasteiger partial charge in [-0.2, -0.15) is 0 Å². The van der Waals surface area contributed by atoms with Crippen molar-refractivity contribution in [1.29, 1.82) is 0 Å². The van der Waals surface area contributed by atoms with Crippen molar-refractivity contribution in [2.45, 2.75) is 0 Å². The molecule has 0 bridgehead atoms. The summed E-state index contributed by atoms with van der Waals surface area (Å²) in [6.07, 6.45) is 0. The van der Waals surface area contributed by atoms with Crippen LogP contribution < -0.4 is 0 Å². The first-order valence-corrected chi connectivity index (χ1v) is 6.58. The summed E-state index contributed by atoms with van der Waals surface area (Å²) in [7, 11) is 0. The van der Waals surface area contributed by atoms with Crippen LogP contribution in [0.25, 0.3) is 10.8 Å². The van der Waals surface area contributed by atoms with Crippen LogP contribution in [0.2, 0.25) is 0 Å². The Morgan fingerprint density at radius 1 is 0.591 bits per heavy atom. The van der Waals surface area contributed by atoms with E-state index in [-0.39, 0.29) is 11.1 Å². The molecule has 3 rings (SSSR count). The summed E-state index contributed by atoms with van der Waals surface area (Å²) in [6, 6.07) is 21.1.